The maximum absolute atomic E-state index is 13.2. The minimum absolute atomic E-state index is 0.0143. The number of benzene rings is 2. The summed E-state index contributed by atoms with van der Waals surface area (Å²) in [6.45, 7) is 3.89. The van der Waals surface area contributed by atoms with E-state index < -0.39 is 0 Å². The van der Waals surface area contributed by atoms with Crippen molar-refractivity contribution in [2.24, 2.45) is 14.1 Å². The van der Waals surface area contributed by atoms with Gasteiger partial charge < -0.3 is 18.6 Å². The largest absolute Gasteiger partial charge is 0.497 e. The lowest BCUT2D eigenvalue weighted by Crippen LogP contribution is -2.09. The first-order valence-electron chi connectivity index (χ1n) is 10.7. The highest BCUT2D eigenvalue weighted by molar-refractivity contribution is 8.00. The van der Waals surface area contributed by atoms with E-state index in [1.165, 1.54) is 11.8 Å². The number of aryl methyl sites for hydroxylation is 2. The van der Waals surface area contributed by atoms with Crippen LogP contribution in [0, 0.1) is 13.8 Å². The number of hydrogen-bond acceptors (Lipinski definition) is 5. The number of nitrogens with zero attached hydrogens (tertiary/aromatic N) is 2. The van der Waals surface area contributed by atoms with E-state index in [0.717, 1.165) is 33.2 Å². The molecule has 6 nitrogen and oxygen atoms in total. The first-order chi connectivity index (χ1) is 15.8. The molecule has 2 heterocycles. The highest BCUT2D eigenvalue weighted by Crippen LogP contribution is 2.31. The fraction of sp³-hybridized carbons (Fsp3) is 0.308. The number of carbonyl (C=O) groups excluding carboxylic acids is 2. The van der Waals surface area contributed by atoms with E-state index in [4.69, 9.17) is 9.47 Å². The van der Waals surface area contributed by atoms with E-state index in [-0.39, 0.29) is 23.1 Å². The lowest BCUT2D eigenvalue weighted by atomic mass is 10.1. The van der Waals surface area contributed by atoms with Crippen molar-refractivity contribution in [1.29, 1.82) is 0 Å². The molecule has 0 amide bonds. The maximum atomic E-state index is 13.2. The summed E-state index contributed by atoms with van der Waals surface area (Å²) in [5, 5.41) is 1.76. The Morgan fingerprint density at radius 2 is 1.15 bits per heavy atom. The quantitative estimate of drug-likeness (QED) is 0.340. The summed E-state index contributed by atoms with van der Waals surface area (Å²) in [5.41, 5.74) is 5.17. The van der Waals surface area contributed by atoms with Crippen LogP contribution >= 0.6 is 11.8 Å². The van der Waals surface area contributed by atoms with Crippen molar-refractivity contribution in [1.82, 2.24) is 9.13 Å². The second kappa shape index (κ2) is 8.98. The van der Waals surface area contributed by atoms with Crippen LogP contribution in [0.25, 0.3) is 21.8 Å². The molecule has 0 aliphatic rings. The minimum Gasteiger partial charge on any atom is -0.497 e. The predicted octanol–water partition coefficient (Wildman–Crippen LogP) is 5.10. The Hall–Kier alpha value is -3.19. The molecular weight excluding hydrogens is 436 g/mol. The smallest absolute Gasteiger partial charge is 0.175 e. The van der Waals surface area contributed by atoms with E-state index in [1.807, 2.05) is 73.5 Å². The van der Waals surface area contributed by atoms with Gasteiger partial charge >= 0.3 is 0 Å². The third kappa shape index (κ3) is 3.91. The second-order valence-electron chi connectivity index (χ2n) is 8.14. The van der Waals surface area contributed by atoms with Crippen molar-refractivity contribution in [2.75, 3.05) is 25.7 Å². The van der Waals surface area contributed by atoms with Gasteiger partial charge in [0, 0.05) is 58.4 Å². The van der Waals surface area contributed by atoms with Crippen LogP contribution in [0.4, 0.5) is 0 Å². The van der Waals surface area contributed by atoms with Gasteiger partial charge in [0.15, 0.2) is 11.6 Å². The molecule has 0 N–H and O–H groups in total. The molecule has 0 fully saturated rings. The number of methoxy groups -OCH3 is 2. The second-order valence-corrected chi connectivity index (χ2v) is 9.13. The fourth-order valence-corrected chi connectivity index (χ4v) is 5.20. The number of aromatic nitrogens is 2. The molecule has 0 radical (unpaired) electrons. The first-order valence-corrected chi connectivity index (χ1v) is 11.8. The van der Waals surface area contributed by atoms with Gasteiger partial charge in [0.05, 0.1) is 25.7 Å². The van der Waals surface area contributed by atoms with Crippen LogP contribution in [0.5, 0.6) is 11.5 Å². The van der Waals surface area contributed by atoms with E-state index in [9.17, 15) is 9.59 Å². The zero-order chi connectivity index (χ0) is 23.9. The zero-order valence-electron chi connectivity index (χ0n) is 19.8. The Balaban J connectivity index is 1.55. The van der Waals surface area contributed by atoms with Crippen molar-refractivity contribution in [2.45, 2.75) is 13.8 Å². The molecule has 0 atom stereocenters. The molecule has 0 spiro atoms. The zero-order valence-corrected chi connectivity index (χ0v) is 20.6. The number of ketones is 2. The van der Waals surface area contributed by atoms with Crippen molar-refractivity contribution >= 4 is 45.1 Å². The average molecular weight is 465 g/mol. The molecule has 0 aliphatic carbocycles. The normalized spacial score (nSPS) is 11.3. The number of Topliss-reactive ketones (excluding diaryl/α,β-unsaturated/α-hetero) is 2. The summed E-state index contributed by atoms with van der Waals surface area (Å²) in [7, 11) is 7.14. The molecule has 7 heteroatoms. The summed E-state index contributed by atoms with van der Waals surface area (Å²) >= 11 is 1.35. The highest BCUT2D eigenvalue weighted by Gasteiger charge is 2.22. The predicted molar refractivity (Wildman–Crippen MR) is 134 cm³/mol. The van der Waals surface area contributed by atoms with Gasteiger partial charge in [-0.25, -0.2) is 0 Å². The summed E-state index contributed by atoms with van der Waals surface area (Å²) in [5.74, 6) is 1.92. The van der Waals surface area contributed by atoms with Crippen molar-refractivity contribution < 1.29 is 19.1 Å². The Morgan fingerprint density at radius 1 is 0.758 bits per heavy atom. The van der Waals surface area contributed by atoms with Crippen LogP contribution in [0.2, 0.25) is 0 Å². The monoisotopic (exact) mass is 464 g/mol. The summed E-state index contributed by atoms with van der Waals surface area (Å²) < 4.78 is 14.7. The Labute approximate surface area is 197 Å². The maximum Gasteiger partial charge on any atom is 0.175 e. The van der Waals surface area contributed by atoms with Crippen LogP contribution < -0.4 is 9.47 Å². The Kier molecular flexibility index (Phi) is 6.26. The Morgan fingerprint density at radius 3 is 1.52 bits per heavy atom. The molecule has 2 aromatic heterocycles. The third-order valence-corrected chi connectivity index (χ3v) is 7.36. The van der Waals surface area contributed by atoms with Crippen LogP contribution in [0.1, 0.15) is 32.1 Å². The topological polar surface area (TPSA) is 62.5 Å². The van der Waals surface area contributed by atoms with Crippen LogP contribution in [-0.2, 0) is 14.1 Å². The lowest BCUT2D eigenvalue weighted by Gasteiger charge is -2.05. The fourth-order valence-electron chi connectivity index (χ4n) is 4.44. The van der Waals surface area contributed by atoms with Crippen LogP contribution in [0.3, 0.4) is 0 Å². The average Bonchev–Trinajstić information content (AvgIpc) is 3.22. The molecule has 2 aromatic carbocycles. The number of ether oxygens (including phenoxy) is 2. The van der Waals surface area contributed by atoms with E-state index in [1.54, 1.807) is 14.2 Å². The van der Waals surface area contributed by atoms with Gasteiger partial charge in [-0.15, -0.1) is 11.8 Å². The number of rotatable bonds is 8. The van der Waals surface area contributed by atoms with E-state index in [2.05, 4.69) is 0 Å². The molecule has 33 heavy (non-hydrogen) atoms. The standard InChI is InChI=1S/C26H28N2O4S/c1-15-25(19-11-17(31-5)7-9-21(19)27(15)3)23(29)13-33-14-24(30)26-16(2)28(4)22-10-8-18(32-6)12-20(22)26/h7-12H,13-14H2,1-6H3. The van der Waals surface area contributed by atoms with Gasteiger partial charge in [0.2, 0.25) is 0 Å². The molecule has 0 aliphatic heterocycles. The molecule has 0 unspecified atom stereocenters. The van der Waals surface area contributed by atoms with E-state index in [0.29, 0.717) is 22.6 Å². The number of thioether (sulfide) groups is 1. The Bertz CT molecular complexity index is 1290. The van der Waals surface area contributed by atoms with Crippen LogP contribution in [-0.4, -0.2) is 46.4 Å². The van der Waals surface area contributed by atoms with Crippen LogP contribution in [0.15, 0.2) is 36.4 Å². The summed E-state index contributed by atoms with van der Waals surface area (Å²) in [6.07, 6.45) is 0. The molecule has 0 saturated carbocycles. The van der Waals surface area contributed by atoms with Crippen molar-refractivity contribution in [3.63, 3.8) is 0 Å². The number of fused-ring (bicyclic) bond motifs is 2. The van der Waals surface area contributed by atoms with Gasteiger partial charge in [0.25, 0.3) is 0 Å². The molecule has 4 rings (SSSR count). The van der Waals surface area contributed by atoms with Gasteiger partial charge in [0.1, 0.15) is 11.5 Å². The lowest BCUT2D eigenvalue weighted by molar-refractivity contribution is 0.102. The molecule has 4 aromatic rings. The first kappa shape index (κ1) is 23.0. The van der Waals surface area contributed by atoms with Crippen molar-refractivity contribution in [3.8, 4) is 11.5 Å². The third-order valence-electron chi connectivity index (χ3n) is 6.42. The van der Waals surface area contributed by atoms with Gasteiger partial charge in [-0.2, -0.15) is 0 Å². The summed E-state index contributed by atoms with van der Waals surface area (Å²) in [6, 6.07) is 11.5. The molecule has 172 valence electrons. The number of hydrogen-bond donors (Lipinski definition) is 0. The van der Waals surface area contributed by atoms with Crippen molar-refractivity contribution in [3.05, 3.63) is 58.9 Å². The molecule has 0 bridgehead atoms. The summed E-state index contributed by atoms with van der Waals surface area (Å²) in [4.78, 5) is 26.3. The van der Waals surface area contributed by atoms with Gasteiger partial charge in [-0.1, -0.05) is 0 Å². The SMILES string of the molecule is COc1ccc2c(c1)c(C(=O)CSCC(=O)c1c(C)n(C)c3ccc(OC)cc13)c(C)n2C. The van der Waals surface area contributed by atoms with Gasteiger partial charge in [-0.3, -0.25) is 9.59 Å². The van der Waals surface area contributed by atoms with Gasteiger partial charge in [-0.05, 0) is 50.2 Å². The molecular formula is C26H28N2O4S. The number of carbonyl (C=O) groups is 2. The highest BCUT2D eigenvalue weighted by atomic mass is 32.2. The minimum atomic E-state index is 0.0143. The molecule has 0 saturated heterocycles. The van der Waals surface area contributed by atoms with E-state index >= 15 is 0 Å².